The van der Waals surface area contributed by atoms with Crippen LogP contribution in [0.25, 0.3) is 0 Å². The van der Waals surface area contributed by atoms with Crippen LogP contribution in [0, 0.1) is 10.1 Å². The molecule has 6 heteroatoms. The number of hydrogen-bond donors (Lipinski definition) is 0. The lowest BCUT2D eigenvalue weighted by Gasteiger charge is -2.09. The normalized spacial score (nSPS) is 11.5. The van der Waals surface area contributed by atoms with Crippen molar-refractivity contribution in [3.8, 4) is 11.5 Å². The van der Waals surface area contributed by atoms with Gasteiger partial charge >= 0.3 is 6.23 Å². The fourth-order valence-corrected chi connectivity index (χ4v) is 0.967. The second-order valence-corrected chi connectivity index (χ2v) is 2.58. The Morgan fingerprint density at radius 1 is 1.40 bits per heavy atom. The minimum Gasteiger partial charge on any atom is -0.493 e. The fourth-order valence-electron chi connectivity index (χ4n) is 0.967. The summed E-state index contributed by atoms with van der Waals surface area (Å²) in [7, 11) is 1.41. The molecule has 0 radical (unpaired) electrons. The minimum absolute atomic E-state index is 0.117. The van der Waals surface area contributed by atoms with Gasteiger partial charge in [0.15, 0.2) is 11.5 Å². The molecule has 80 valence electrons. The molecule has 0 spiro atoms. The Bertz CT molecular complexity index is 365. The van der Waals surface area contributed by atoms with Crippen molar-refractivity contribution in [2.75, 3.05) is 7.11 Å². The van der Waals surface area contributed by atoms with Gasteiger partial charge in [0, 0.05) is 0 Å². The third-order valence-electron chi connectivity index (χ3n) is 1.64. The number of rotatable bonds is 5. The highest BCUT2D eigenvalue weighted by Crippen LogP contribution is 2.26. The van der Waals surface area contributed by atoms with Gasteiger partial charge in [0.05, 0.1) is 12.0 Å². The number of carbonyl (C=O) groups is 1. The smallest absolute Gasteiger partial charge is 0.410 e. The van der Waals surface area contributed by atoms with E-state index in [9.17, 15) is 14.9 Å². The highest BCUT2D eigenvalue weighted by Gasteiger charge is 2.21. The number of nitrogens with zero attached hydrogens (tertiary/aromatic N) is 1. The Morgan fingerprint density at radius 3 is 2.47 bits per heavy atom. The number of benzene rings is 1. The van der Waals surface area contributed by atoms with Gasteiger partial charge in [-0.15, -0.1) is 0 Å². The number of methoxy groups -OCH3 is 1. The van der Waals surface area contributed by atoms with Gasteiger partial charge in [-0.1, -0.05) is 12.1 Å². The number of ether oxygens (including phenoxy) is 2. The molecule has 6 nitrogen and oxygen atoms in total. The van der Waals surface area contributed by atoms with E-state index >= 15 is 0 Å². The van der Waals surface area contributed by atoms with Crippen LogP contribution in [0.2, 0.25) is 0 Å². The Balaban J connectivity index is 2.87. The van der Waals surface area contributed by atoms with Gasteiger partial charge < -0.3 is 9.47 Å². The van der Waals surface area contributed by atoms with Crippen LogP contribution in [-0.4, -0.2) is 24.5 Å². The van der Waals surface area contributed by atoms with Crippen LogP contribution in [0.4, 0.5) is 0 Å². The lowest BCUT2D eigenvalue weighted by atomic mass is 10.3. The summed E-state index contributed by atoms with van der Waals surface area (Å²) in [6, 6.07) is 6.38. The van der Waals surface area contributed by atoms with Crippen molar-refractivity contribution in [1.82, 2.24) is 0 Å². The van der Waals surface area contributed by atoms with Crippen molar-refractivity contribution in [1.29, 1.82) is 0 Å². The largest absolute Gasteiger partial charge is 0.493 e. The number of aldehydes is 1. The molecule has 1 rings (SSSR count). The highest BCUT2D eigenvalue weighted by atomic mass is 16.7. The zero-order valence-electron chi connectivity index (χ0n) is 7.95. The van der Waals surface area contributed by atoms with E-state index in [0.29, 0.717) is 5.75 Å². The molecule has 15 heavy (non-hydrogen) atoms. The molecule has 0 saturated carbocycles. The monoisotopic (exact) mass is 211 g/mol. The van der Waals surface area contributed by atoms with Crippen molar-refractivity contribution < 1.29 is 19.2 Å². The van der Waals surface area contributed by atoms with Crippen LogP contribution in [0.1, 0.15) is 0 Å². The first-order valence-corrected chi connectivity index (χ1v) is 4.07. The van der Waals surface area contributed by atoms with Gasteiger partial charge in [-0.25, -0.2) is 0 Å². The minimum atomic E-state index is -1.71. The first kappa shape index (κ1) is 11.0. The lowest BCUT2D eigenvalue weighted by Crippen LogP contribution is -2.27. The van der Waals surface area contributed by atoms with Gasteiger partial charge in [-0.05, 0) is 12.1 Å². The lowest BCUT2D eigenvalue weighted by molar-refractivity contribution is -0.543. The summed E-state index contributed by atoms with van der Waals surface area (Å²) < 4.78 is 9.76. The third kappa shape index (κ3) is 2.67. The van der Waals surface area contributed by atoms with Gasteiger partial charge in [-0.2, -0.15) is 0 Å². The average Bonchev–Trinajstić information content (AvgIpc) is 2.25. The summed E-state index contributed by atoms with van der Waals surface area (Å²) in [6.45, 7) is 0. The van der Waals surface area contributed by atoms with Crippen molar-refractivity contribution in [2.45, 2.75) is 6.23 Å². The second-order valence-electron chi connectivity index (χ2n) is 2.58. The molecule has 0 aliphatic heterocycles. The van der Waals surface area contributed by atoms with Gasteiger partial charge in [-0.3, -0.25) is 14.9 Å². The maximum atomic E-state index is 10.3. The molecule has 0 heterocycles. The first-order chi connectivity index (χ1) is 7.19. The molecule has 0 amide bonds. The second kappa shape index (κ2) is 4.94. The molecule has 0 bridgehead atoms. The zero-order chi connectivity index (χ0) is 11.3. The molecule has 0 saturated heterocycles. The number of para-hydroxylation sites is 2. The van der Waals surface area contributed by atoms with Crippen LogP contribution >= 0.6 is 0 Å². The van der Waals surface area contributed by atoms with Crippen molar-refractivity contribution in [2.24, 2.45) is 0 Å². The summed E-state index contributed by atoms with van der Waals surface area (Å²) in [5.74, 6) is 0.500. The summed E-state index contributed by atoms with van der Waals surface area (Å²) in [5.41, 5.74) is 0. The zero-order valence-corrected chi connectivity index (χ0v) is 7.95. The Morgan fingerprint density at radius 2 is 2.00 bits per heavy atom. The molecule has 0 aliphatic rings. The Labute approximate surface area is 85.6 Å². The van der Waals surface area contributed by atoms with E-state index in [0.717, 1.165) is 0 Å². The fraction of sp³-hybridized carbons (Fsp3) is 0.222. The van der Waals surface area contributed by atoms with E-state index < -0.39 is 11.2 Å². The van der Waals surface area contributed by atoms with Crippen LogP contribution in [0.5, 0.6) is 11.5 Å². The molecule has 0 aromatic heterocycles. The van der Waals surface area contributed by atoms with E-state index in [2.05, 4.69) is 0 Å². The SMILES string of the molecule is COc1ccccc1OC(C=O)[N+](=O)[O-]. The molecule has 1 atom stereocenters. The van der Waals surface area contributed by atoms with Crippen LogP contribution in [0.15, 0.2) is 24.3 Å². The third-order valence-corrected chi connectivity index (χ3v) is 1.64. The maximum Gasteiger partial charge on any atom is 0.410 e. The van der Waals surface area contributed by atoms with E-state index in [1.165, 1.54) is 13.2 Å². The molecule has 1 aromatic carbocycles. The van der Waals surface area contributed by atoms with Gasteiger partial charge in [0.25, 0.3) is 0 Å². The predicted octanol–water partition coefficient (Wildman–Crippen LogP) is 0.876. The average molecular weight is 211 g/mol. The van der Waals surface area contributed by atoms with Crippen molar-refractivity contribution in [3.63, 3.8) is 0 Å². The number of nitro groups is 1. The van der Waals surface area contributed by atoms with E-state index in [4.69, 9.17) is 9.47 Å². The summed E-state index contributed by atoms with van der Waals surface area (Å²) in [5, 5.41) is 10.3. The standard InChI is InChI=1S/C9H9NO5/c1-14-7-4-2-3-5-8(7)15-9(6-11)10(12)13/h2-6,9H,1H3. The number of hydrogen-bond acceptors (Lipinski definition) is 5. The summed E-state index contributed by atoms with van der Waals surface area (Å²) in [6.07, 6.45) is -1.59. The first-order valence-electron chi connectivity index (χ1n) is 4.07. The molecular weight excluding hydrogens is 202 g/mol. The van der Waals surface area contributed by atoms with Crippen LogP contribution in [-0.2, 0) is 4.79 Å². The molecule has 1 unspecified atom stereocenters. The van der Waals surface area contributed by atoms with E-state index in [1.54, 1.807) is 18.2 Å². The summed E-state index contributed by atoms with van der Waals surface area (Å²) in [4.78, 5) is 19.9. The highest BCUT2D eigenvalue weighted by molar-refractivity contribution is 5.55. The topological polar surface area (TPSA) is 78.7 Å². The van der Waals surface area contributed by atoms with Crippen molar-refractivity contribution in [3.05, 3.63) is 34.4 Å². The predicted molar refractivity (Wildman–Crippen MR) is 50.5 cm³/mol. The van der Waals surface area contributed by atoms with E-state index in [-0.39, 0.29) is 12.0 Å². The van der Waals surface area contributed by atoms with Gasteiger partial charge in [0.1, 0.15) is 0 Å². The molecule has 0 aliphatic carbocycles. The number of carbonyl (C=O) groups excluding carboxylic acids is 1. The Kier molecular flexibility index (Phi) is 3.61. The summed E-state index contributed by atoms with van der Waals surface area (Å²) >= 11 is 0. The quantitative estimate of drug-likeness (QED) is 0.312. The maximum absolute atomic E-state index is 10.3. The van der Waals surface area contributed by atoms with E-state index in [1.807, 2.05) is 0 Å². The molecule has 0 N–H and O–H groups in total. The Hall–Kier alpha value is -2.11. The molecule has 0 fully saturated rings. The molecule has 1 aromatic rings. The van der Waals surface area contributed by atoms with Crippen LogP contribution < -0.4 is 9.47 Å². The van der Waals surface area contributed by atoms with Gasteiger partial charge in [0.2, 0.25) is 6.29 Å². The molecular formula is C9H9NO5. The van der Waals surface area contributed by atoms with Crippen LogP contribution in [0.3, 0.4) is 0 Å². The van der Waals surface area contributed by atoms with Crippen molar-refractivity contribution >= 4 is 6.29 Å².